The fourth-order valence-electron chi connectivity index (χ4n) is 0.300. The molecule has 0 aromatic carbocycles. The van der Waals surface area contributed by atoms with Crippen molar-refractivity contribution in [3.05, 3.63) is 0 Å². The molecule has 0 atom stereocenters. The van der Waals surface area contributed by atoms with Gasteiger partial charge in [0.1, 0.15) is 0 Å². The van der Waals surface area contributed by atoms with Gasteiger partial charge in [-0.15, -0.1) is 0 Å². The van der Waals surface area contributed by atoms with Crippen LogP contribution in [0, 0.1) is 5.92 Å². The Morgan fingerprint density at radius 3 is 2.45 bits per heavy atom. The van der Waals surface area contributed by atoms with Crippen LogP contribution in [-0.4, -0.2) is 18.0 Å². The van der Waals surface area contributed by atoms with Gasteiger partial charge in [0.2, 0.25) is 0 Å². The topological polar surface area (TPSA) is 84.6 Å². The van der Waals surface area contributed by atoms with E-state index in [1.54, 1.807) is 0 Å². The van der Waals surface area contributed by atoms with E-state index in [9.17, 15) is 9.59 Å². The van der Waals surface area contributed by atoms with Crippen LogP contribution >= 0.6 is 0 Å². The van der Waals surface area contributed by atoms with E-state index in [4.69, 9.17) is 0 Å². The number of hydrazone groups is 1. The van der Waals surface area contributed by atoms with E-state index in [0.29, 0.717) is 0 Å². The van der Waals surface area contributed by atoms with Gasteiger partial charge in [-0.1, -0.05) is 13.8 Å². The number of amides is 2. The summed E-state index contributed by atoms with van der Waals surface area (Å²) in [7, 11) is 0. The molecule has 0 aromatic heterocycles. The molecule has 0 aliphatic rings. The second-order valence-electron chi connectivity index (χ2n) is 2.33. The Morgan fingerprint density at radius 1 is 1.55 bits per heavy atom. The van der Waals surface area contributed by atoms with Gasteiger partial charge in [0.05, 0.1) is 0 Å². The van der Waals surface area contributed by atoms with Crippen LogP contribution < -0.4 is 11.2 Å². The SMILES string of the molecule is CC(C)/C=N/NC(=O)C(N)=O. The zero-order chi connectivity index (χ0) is 8.85. The van der Waals surface area contributed by atoms with Crippen molar-refractivity contribution < 1.29 is 9.59 Å². The fourth-order valence-corrected chi connectivity index (χ4v) is 0.300. The molecule has 0 heterocycles. The van der Waals surface area contributed by atoms with E-state index in [-0.39, 0.29) is 5.92 Å². The summed E-state index contributed by atoms with van der Waals surface area (Å²) in [4.78, 5) is 20.5. The van der Waals surface area contributed by atoms with Gasteiger partial charge in [-0.25, -0.2) is 5.43 Å². The molecule has 0 fully saturated rings. The summed E-state index contributed by atoms with van der Waals surface area (Å²) in [5.74, 6) is -1.71. The van der Waals surface area contributed by atoms with Crippen LogP contribution in [0.2, 0.25) is 0 Å². The normalized spacial score (nSPS) is 10.5. The minimum atomic E-state index is -1.04. The number of carbonyl (C=O) groups excluding carboxylic acids is 2. The van der Waals surface area contributed by atoms with Crippen LogP contribution in [0.3, 0.4) is 0 Å². The number of hydrogen-bond donors (Lipinski definition) is 2. The fraction of sp³-hybridized carbons (Fsp3) is 0.500. The molecule has 0 rings (SSSR count). The zero-order valence-electron chi connectivity index (χ0n) is 6.50. The van der Waals surface area contributed by atoms with Gasteiger partial charge in [-0.3, -0.25) is 9.59 Å². The van der Waals surface area contributed by atoms with Gasteiger partial charge in [0, 0.05) is 6.21 Å². The van der Waals surface area contributed by atoms with Crippen molar-refractivity contribution in [3.8, 4) is 0 Å². The minimum Gasteiger partial charge on any atom is -0.361 e. The quantitative estimate of drug-likeness (QED) is 0.313. The minimum absolute atomic E-state index is 0.225. The van der Waals surface area contributed by atoms with Gasteiger partial charge in [0.15, 0.2) is 0 Å². The monoisotopic (exact) mass is 157 g/mol. The Bertz CT molecular complexity index is 186. The lowest BCUT2D eigenvalue weighted by Gasteiger charge is -1.94. The predicted octanol–water partition coefficient (Wildman–Crippen LogP) is -0.770. The number of nitrogens with two attached hydrogens (primary N) is 1. The van der Waals surface area contributed by atoms with Crippen molar-refractivity contribution in [1.29, 1.82) is 0 Å². The smallest absolute Gasteiger partial charge is 0.329 e. The average molecular weight is 157 g/mol. The largest absolute Gasteiger partial charge is 0.361 e. The molecule has 5 heteroatoms. The molecule has 0 unspecified atom stereocenters. The summed E-state index contributed by atoms with van der Waals surface area (Å²) < 4.78 is 0. The van der Waals surface area contributed by atoms with Gasteiger partial charge < -0.3 is 5.73 Å². The highest BCUT2D eigenvalue weighted by Crippen LogP contribution is 1.82. The third kappa shape index (κ3) is 5.07. The molecule has 2 amide bonds. The summed E-state index contributed by atoms with van der Waals surface area (Å²) >= 11 is 0. The highest BCUT2D eigenvalue weighted by atomic mass is 16.2. The number of nitrogens with zero attached hydrogens (tertiary/aromatic N) is 1. The van der Waals surface area contributed by atoms with Crippen LogP contribution in [0.15, 0.2) is 5.10 Å². The molecule has 5 nitrogen and oxygen atoms in total. The molecule has 0 aliphatic heterocycles. The third-order valence-electron chi connectivity index (χ3n) is 0.763. The van der Waals surface area contributed by atoms with E-state index in [1.165, 1.54) is 6.21 Å². The molecule has 0 radical (unpaired) electrons. The number of hydrogen-bond acceptors (Lipinski definition) is 3. The van der Waals surface area contributed by atoms with Crippen LogP contribution in [0.1, 0.15) is 13.8 Å². The summed E-state index contributed by atoms with van der Waals surface area (Å²) in [6.45, 7) is 3.78. The van der Waals surface area contributed by atoms with Gasteiger partial charge in [-0.2, -0.15) is 5.10 Å². The summed E-state index contributed by atoms with van der Waals surface area (Å²) in [5.41, 5.74) is 6.60. The first-order chi connectivity index (χ1) is 5.04. The molecular weight excluding hydrogens is 146 g/mol. The molecular formula is C6H11N3O2. The standard InChI is InChI=1S/C6H11N3O2/c1-4(2)3-8-9-6(11)5(7)10/h3-4H,1-2H3,(H2,7,10)(H,9,11)/b8-3+. The number of primary amides is 1. The third-order valence-corrected chi connectivity index (χ3v) is 0.763. The molecule has 11 heavy (non-hydrogen) atoms. The van der Waals surface area contributed by atoms with Crippen LogP contribution in [-0.2, 0) is 9.59 Å². The average Bonchev–Trinajstić information content (AvgIpc) is 1.86. The summed E-state index contributed by atoms with van der Waals surface area (Å²) in [6, 6.07) is 0. The lowest BCUT2D eigenvalue weighted by Crippen LogP contribution is -2.33. The zero-order valence-corrected chi connectivity index (χ0v) is 6.50. The summed E-state index contributed by atoms with van der Waals surface area (Å²) in [5, 5.41) is 3.47. The first kappa shape index (κ1) is 9.61. The molecule has 0 saturated heterocycles. The number of rotatable bonds is 2. The second kappa shape index (κ2) is 4.43. The Kier molecular flexibility index (Phi) is 3.87. The Labute approximate surface area is 64.6 Å². The maximum atomic E-state index is 10.4. The second-order valence-corrected chi connectivity index (χ2v) is 2.33. The molecule has 0 aromatic rings. The van der Waals surface area contributed by atoms with E-state index >= 15 is 0 Å². The van der Waals surface area contributed by atoms with E-state index in [1.807, 2.05) is 19.3 Å². The van der Waals surface area contributed by atoms with Crippen LogP contribution in [0.5, 0.6) is 0 Å². The molecule has 62 valence electrons. The van der Waals surface area contributed by atoms with Crippen molar-refractivity contribution >= 4 is 18.0 Å². The molecule has 3 N–H and O–H groups in total. The predicted molar refractivity (Wildman–Crippen MR) is 40.7 cm³/mol. The molecule has 0 spiro atoms. The first-order valence-electron chi connectivity index (χ1n) is 3.17. The molecule has 0 saturated carbocycles. The van der Waals surface area contributed by atoms with Crippen molar-refractivity contribution in [2.24, 2.45) is 16.8 Å². The van der Waals surface area contributed by atoms with Crippen molar-refractivity contribution in [1.82, 2.24) is 5.43 Å². The lowest BCUT2D eigenvalue weighted by molar-refractivity contribution is -0.137. The van der Waals surface area contributed by atoms with Gasteiger partial charge in [0.25, 0.3) is 0 Å². The number of carbonyl (C=O) groups is 2. The molecule has 0 bridgehead atoms. The molecule has 0 aliphatic carbocycles. The highest BCUT2D eigenvalue weighted by molar-refractivity contribution is 6.34. The van der Waals surface area contributed by atoms with E-state index < -0.39 is 11.8 Å². The van der Waals surface area contributed by atoms with E-state index in [2.05, 4.69) is 10.8 Å². The van der Waals surface area contributed by atoms with Crippen LogP contribution in [0.4, 0.5) is 0 Å². The first-order valence-corrected chi connectivity index (χ1v) is 3.17. The maximum absolute atomic E-state index is 10.4. The maximum Gasteiger partial charge on any atom is 0.329 e. The van der Waals surface area contributed by atoms with E-state index in [0.717, 1.165) is 0 Å². The number of nitrogens with one attached hydrogen (secondary N) is 1. The summed E-state index contributed by atoms with van der Waals surface area (Å²) in [6.07, 6.45) is 1.50. The van der Waals surface area contributed by atoms with Gasteiger partial charge >= 0.3 is 11.8 Å². The van der Waals surface area contributed by atoms with Crippen molar-refractivity contribution in [2.45, 2.75) is 13.8 Å². The Morgan fingerprint density at radius 2 is 2.09 bits per heavy atom. The lowest BCUT2D eigenvalue weighted by atomic mass is 10.3. The van der Waals surface area contributed by atoms with Crippen LogP contribution in [0.25, 0.3) is 0 Å². The van der Waals surface area contributed by atoms with Crippen molar-refractivity contribution in [3.63, 3.8) is 0 Å². The van der Waals surface area contributed by atoms with Gasteiger partial charge in [-0.05, 0) is 5.92 Å². The van der Waals surface area contributed by atoms with Crippen molar-refractivity contribution in [2.75, 3.05) is 0 Å². The highest BCUT2D eigenvalue weighted by Gasteiger charge is 2.04. The Hall–Kier alpha value is -1.39. The Balaban J connectivity index is 3.71.